The number of halogens is 1. The monoisotopic (exact) mass is 328 g/mol. The molecule has 1 aromatic carbocycles. The lowest BCUT2D eigenvalue weighted by atomic mass is 9.92. The van der Waals surface area contributed by atoms with Gasteiger partial charge in [0.1, 0.15) is 11.4 Å². The second-order valence-corrected chi connectivity index (χ2v) is 5.67. The lowest BCUT2D eigenvalue weighted by Crippen LogP contribution is -2.36. The molecule has 1 aromatic heterocycles. The van der Waals surface area contributed by atoms with Gasteiger partial charge in [-0.1, -0.05) is 0 Å². The summed E-state index contributed by atoms with van der Waals surface area (Å²) >= 11 is 0. The summed E-state index contributed by atoms with van der Waals surface area (Å²) in [4.78, 5) is 37.3. The van der Waals surface area contributed by atoms with Gasteiger partial charge in [-0.3, -0.25) is 19.0 Å². The predicted octanol–water partition coefficient (Wildman–Crippen LogP) is 2.25. The lowest BCUT2D eigenvalue weighted by molar-refractivity contribution is 0.0954. The van der Waals surface area contributed by atoms with E-state index in [-0.39, 0.29) is 11.3 Å². The van der Waals surface area contributed by atoms with E-state index >= 15 is 0 Å². The smallest absolute Gasteiger partial charge is 0.268 e. The number of nitrogens with zero attached hydrogens (tertiary/aromatic N) is 1. The molecule has 0 spiro atoms. The van der Waals surface area contributed by atoms with E-state index in [1.807, 2.05) is 0 Å². The third kappa shape index (κ3) is 2.75. The number of rotatable bonds is 3. The maximum atomic E-state index is 13.2. The van der Waals surface area contributed by atoms with Crippen molar-refractivity contribution in [2.24, 2.45) is 0 Å². The SMILES string of the molecule is CCNC(=O)c1cc2c(n(-c3ccc(F)cc3)c1=O)CCCC2=O. The third-order valence-electron chi connectivity index (χ3n) is 4.09. The van der Waals surface area contributed by atoms with Gasteiger partial charge in [0.2, 0.25) is 0 Å². The average molecular weight is 328 g/mol. The van der Waals surface area contributed by atoms with Crippen LogP contribution in [0, 0.1) is 5.82 Å². The van der Waals surface area contributed by atoms with Gasteiger partial charge in [-0.15, -0.1) is 0 Å². The quantitative estimate of drug-likeness (QED) is 0.939. The second kappa shape index (κ2) is 6.39. The Bertz CT molecular complexity index is 869. The first-order valence-corrected chi connectivity index (χ1v) is 7.89. The van der Waals surface area contributed by atoms with Crippen molar-refractivity contribution >= 4 is 11.7 Å². The Morgan fingerprint density at radius 1 is 1.21 bits per heavy atom. The summed E-state index contributed by atoms with van der Waals surface area (Å²) < 4.78 is 14.6. The molecular formula is C18H17FN2O3. The van der Waals surface area contributed by atoms with Crippen molar-refractivity contribution in [2.75, 3.05) is 6.54 Å². The Morgan fingerprint density at radius 2 is 1.92 bits per heavy atom. The van der Waals surface area contributed by atoms with Crippen LogP contribution in [0.3, 0.4) is 0 Å². The fourth-order valence-electron chi connectivity index (χ4n) is 2.97. The lowest BCUT2D eigenvalue weighted by Gasteiger charge is -2.21. The number of hydrogen-bond donors (Lipinski definition) is 1. The number of amides is 1. The Morgan fingerprint density at radius 3 is 2.58 bits per heavy atom. The predicted molar refractivity (Wildman–Crippen MR) is 87.3 cm³/mol. The number of ketones is 1. The van der Waals surface area contributed by atoms with E-state index in [1.165, 1.54) is 34.9 Å². The number of carbonyl (C=O) groups is 2. The molecule has 3 rings (SSSR count). The highest BCUT2D eigenvalue weighted by Crippen LogP contribution is 2.23. The average Bonchev–Trinajstić information content (AvgIpc) is 2.56. The number of carbonyl (C=O) groups excluding carboxylic acids is 2. The molecule has 1 aliphatic carbocycles. The highest BCUT2D eigenvalue weighted by atomic mass is 19.1. The highest BCUT2D eigenvalue weighted by Gasteiger charge is 2.25. The zero-order valence-electron chi connectivity index (χ0n) is 13.3. The summed E-state index contributed by atoms with van der Waals surface area (Å²) in [5.41, 5.74) is 0.844. The number of pyridine rings is 1. The maximum Gasteiger partial charge on any atom is 0.268 e. The molecule has 0 saturated carbocycles. The van der Waals surface area contributed by atoms with Crippen LogP contribution in [0.25, 0.3) is 5.69 Å². The minimum atomic E-state index is -0.514. The maximum absolute atomic E-state index is 13.2. The summed E-state index contributed by atoms with van der Waals surface area (Å²) in [6.07, 6.45) is 1.60. The number of benzene rings is 1. The van der Waals surface area contributed by atoms with E-state index < -0.39 is 17.3 Å². The molecule has 1 N–H and O–H groups in total. The second-order valence-electron chi connectivity index (χ2n) is 5.67. The van der Waals surface area contributed by atoms with Crippen molar-refractivity contribution in [1.82, 2.24) is 9.88 Å². The normalized spacial score (nSPS) is 13.5. The number of hydrogen-bond acceptors (Lipinski definition) is 3. The molecule has 5 nitrogen and oxygen atoms in total. The van der Waals surface area contributed by atoms with E-state index in [4.69, 9.17) is 0 Å². The van der Waals surface area contributed by atoms with Crippen LogP contribution in [0.5, 0.6) is 0 Å². The first-order valence-electron chi connectivity index (χ1n) is 7.89. The van der Waals surface area contributed by atoms with Gasteiger partial charge < -0.3 is 5.32 Å². The summed E-state index contributed by atoms with van der Waals surface area (Å²) in [7, 11) is 0. The molecule has 24 heavy (non-hydrogen) atoms. The van der Waals surface area contributed by atoms with E-state index in [2.05, 4.69) is 5.32 Å². The van der Waals surface area contributed by atoms with Gasteiger partial charge in [0.05, 0.1) is 0 Å². The van der Waals surface area contributed by atoms with E-state index in [0.29, 0.717) is 42.8 Å². The fraction of sp³-hybridized carbons (Fsp3) is 0.278. The molecule has 2 aromatic rings. The van der Waals surface area contributed by atoms with Crippen molar-refractivity contribution < 1.29 is 14.0 Å². The summed E-state index contributed by atoms with van der Waals surface area (Å²) in [5.74, 6) is -1.02. The highest BCUT2D eigenvalue weighted by molar-refractivity contribution is 6.01. The van der Waals surface area contributed by atoms with E-state index in [0.717, 1.165) is 0 Å². The molecule has 0 fully saturated rings. The van der Waals surface area contributed by atoms with Crippen LogP contribution in [-0.2, 0) is 6.42 Å². The van der Waals surface area contributed by atoms with Gasteiger partial charge >= 0.3 is 0 Å². The molecule has 1 amide bonds. The number of nitrogens with one attached hydrogen (secondary N) is 1. The van der Waals surface area contributed by atoms with Crippen molar-refractivity contribution in [3.8, 4) is 5.69 Å². The van der Waals surface area contributed by atoms with Crippen LogP contribution < -0.4 is 10.9 Å². The molecule has 124 valence electrons. The van der Waals surface area contributed by atoms with Crippen LogP contribution in [0.1, 0.15) is 46.2 Å². The molecular weight excluding hydrogens is 311 g/mol. The minimum absolute atomic E-state index is 0.0739. The Kier molecular flexibility index (Phi) is 4.29. The summed E-state index contributed by atoms with van der Waals surface area (Å²) in [6.45, 7) is 2.12. The number of Topliss-reactive ketones (excluding diaryl/α,β-unsaturated/α-hetero) is 1. The van der Waals surface area contributed by atoms with Crippen LogP contribution in [0.15, 0.2) is 35.1 Å². The van der Waals surface area contributed by atoms with Crippen LogP contribution in [-0.4, -0.2) is 22.8 Å². The van der Waals surface area contributed by atoms with Gasteiger partial charge in [0.15, 0.2) is 5.78 Å². The van der Waals surface area contributed by atoms with Crippen LogP contribution >= 0.6 is 0 Å². The van der Waals surface area contributed by atoms with Crippen LogP contribution in [0.4, 0.5) is 4.39 Å². The number of aromatic nitrogens is 1. The molecule has 1 aliphatic rings. The first-order chi connectivity index (χ1) is 11.5. The largest absolute Gasteiger partial charge is 0.352 e. The van der Waals surface area contributed by atoms with Crippen LogP contribution in [0.2, 0.25) is 0 Å². The molecule has 0 bridgehead atoms. The van der Waals surface area contributed by atoms with Crippen molar-refractivity contribution in [3.63, 3.8) is 0 Å². The van der Waals surface area contributed by atoms with Gasteiger partial charge in [-0.05, 0) is 50.1 Å². The van der Waals surface area contributed by atoms with Crippen molar-refractivity contribution in [2.45, 2.75) is 26.2 Å². The molecule has 0 aliphatic heterocycles. The van der Waals surface area contributed by atoms with Crippen molar-refractivity contribution in [1.29, 1.82) is 0 Å². The van der Waals surface area contributed by atoms with Gasteiger partial charge in [-0.25, -0.2) is 4.39 Å². The van der Waals surface area contributed by atoms with Gasteiger partial charge in [-0.2, -0.15) is 0 Å². The van der Waals surface area contributed by atoms with E-state index in [1.54, 1.807) is 6.92 Å². The summed E-state index contributed by atoms with van der Waals surface area (Å²) in [5, 5.41) is 2.59. The number of fused-ring (bicyclic) bond motifs is 1. The third-order valence-corrected chi connectivity index (χ3v) is 4.09. The molecule has 0 saturated heterocycles. The van der Waals surface area contributed by atoms with Gasteiger partial charge in [0.25, 0.3) is 11.5 Å². The molecule has 0 atom stereocenters. The van der Waals surface area contributed by atoms with Gasteiger partial charge in [0, 0.05) is 29.9 Å². The standard InChI is InChI=1S/C18H17FN2O3/c1-2-20-17(23)14-10-13-15(4-3-5-16(13)22)21(18(14)24)12-8-6-11(19)7-9-12/h6-10H,2-5H2,1H3,(H,20,23). The Labute approximate surface area is 138 Å². The molecule has 6 heteroatoms. The minimum Gasteiger partial charge on any atom is -0.352 e. The zero-order chi connectivity index (χ0) is 17.3. The van der Waals surface area contributed by atoms with E-state index in [9.17, 15) is 18.8 Å². The summed E-state index contributed by atoms with van der Waals surface area (Å²) in [6, 6.07) is 6.83. The molecule has 1 heterocycles. The fourth-order valence-corrected chi connectivity index (χ4v) is 2.97. The van der Waals surface area contributed by atoms with Crippen molar-refractivity contribution in [3.05, 3.63) is 63.3 Å². The zero-order valence-corrected chi connectivity index (χ0v) is 13.3. The molecule has 0 radical (unpaired) electrons. The Hall–Kier alpha value is -2.76. The molecule has 0 unspecified atom stereocenters. The Balaban J connectivity index is 2.29. The first kappa shape index (κ1) is 16.1. The topological polar surface area (TPSA) is 68.2 Å².